The quantitative estimate of drug-likeness (QED) is 0.676. The summed E-state index contributed by atoms with van der Waals surface area (Å²) >= 11 is 0. The van der Waals surface area contributed by atoms with Crippen LogP contribution in [0.25, 0.3) is 0 Å². The molecule has 3 N–H and O–H groups in total. The van der Waals surface area contributed by atoms with Crippen molar-refractivity contribution in [2.24, 2.45) is 5.92 Å². The fraction of sp³-hybridized carbons (Fsp3) is 0.636. The van der Waals surface area contributed by atoms with E-state index in [2.05, 4.69) is 20.8 Å². The molecule has 1 aromatic rings. The van der Waals surface area contributed by atoms with Crippen LogP contribution in [0.3, 0.4) is 0 Å². The largest absolute Gasteiger partial charge is 0.480 e. The Hall–Kier alpha value is -2.12. The van der Waals surface area contributed by atoms with Gasteiger partial charge < -0.3 is 20.3 Å². The van der Waals surface area contributed by atoms with Gasteiger partial charge in [-0.15, -0.1) is 0 Å². The molecule has 0 bridgehead atoms. The number of aromatic nitrogens is 2. The monoisotopic (exact) mass is 268 g/mol. The second kappa shape index (κ2) is 5.25. The normalized spacial score (nSPS) is 17.5. The number of rotatable bonds is 6. The van der Waals surface area contributed by atoms with E-state index in [4.69, 9.17) is 4.52 Å². The van der Waals surface area contributed by atoms with E-state index < -0.39 is 17.5 Å². The molecule has 1 aliphatic carbocycles. The maximum atomic E-state index is 11.7. The van der Waals surface area contributed by atoms with Gasteiger partial charge in [-0.2, -0.15) is 4.98 Å². The van der Waals surface area contributed by atoms with Crippen LogP contribution in [0.1, 0.15) is 25.7 Å². The first-order chi connectivity index (χ1) is 9.02. The van der Waals surface area contributed by atoms with Gasteiger partial charge in [-0.05, 0) is 25.7 Å². The Balaban J connectivity index is 1.78. The number of carboxylic acid groups (broad SMARTS) is 1. The Morgan fingerprint density at radius 2 is 2.32 bits per heavy atom. The van der Waals surface area contributed by atoms with E-state index in [1.807, 2.05) is 0 Å². The zero-order valence-electron chi connectivity index (χ0n) is 10.5. The highest BCUT2D eigenvalue weighted by Crippen LogP contribution is 2.39. The molecule has 1 unspecified atom stereocenters. The van der Waals surface area contributed by atoms with Crippen LogP contribution in [0.4, 0.5) is 4.79 Å². The first-order valence-electron chi connectivity index (χ1n) is 6.07. The van der Waals surface area contributed by atoms with E-state index in [-0.39, 0.29) is 5.92 Å². The molecule has 104 valence electrons. The van der Waals surface area contributed by atoms with Crippen LogP contribution >= 0.6 is 0 Å². The molecule has 0 aliphatic heterocycles. The molecule has 0 aromatic carbocycles. The van der Waals surface area contributed by atoms with E-state index in [0.29, 0.717) is 18.9 Å². The minimum atomic E-state index is -1.20. The van der Waals surface area contributed by atoms with Crippen molar-refractivity contribution in [3.8, 4) is 0 Å². The molecule has 1 aromatic heterocycles. The smallest absolute Gasteiger partial charge is 0.329 e. The molecule has 0 saturated heterocycles. The van der Waals surface area contributed by atoms with Crippen LogP contribution in [0.15, 0.2) is 10.9 Å². The van der Waals surface area contributed by atoms with Crippen LogP contribution in [-0.2, 0) is 11.2 Å². The minimum Gasteiger partial charge on any atom is -0.480 e. The zero-order valence-corrected chi connectivity index (χ0v) is 10.5. The molecule has 0 spiro atoms. The third kappa shape index (κ3) is 3.21. The van der Waals surface area contributed by atoms with Gasteiger partial charge in [0, 0.05) is 13.0 Å². The molecule has 1 aliphatic rings. The molecule has 1 heterocycles. The molecular formula is C11H16N4O4. The van der Waals surface area contributed by atoms with Gasteiger partial charge in [-0.25, -0.2) is 9.59 Å². The molecule has 1 fully saturated rings. The molecule has 1 saturated carbocycles. The third-order valence-corrected chi connectivity index (χ3v) is 3.24. The van der Waals surface area contributed by atoms with E-state index in [0.717, 1.165) is 12.8 Å². The second-order valence-corrected chi connectivity index (χ2v) is 4.75. The fourth-order valence-electron chi connectivity index (χ4n) is 1.86. The van der Waals surface area contributed by atoms with E-state index in [1.165, 1.54) is 13.3 Å². The van der Waals surface area contributed by atoms with Crippen LogP contribution in [0.2, 0.25) is 0 Å². The van der Waals surface area contributed by atoms with Gasteiger partial charge in [0.25, 0.3) is 0 Å². The lowest BCUT2D eigenvalue weighted by Crippen LogP contribution is -2.56. The zero-order chi connectivity index (χ0) is 13.9. The summed E-state index contributed by atoms with van der Waals surface area (Å²) in [5, 5.41) is 17.7. The van der Waals surface area contributed by atoms with Gasteiger partial charge in [0.15, 0.2) is 6.33 Å². The Bertz CT molecular complexity index is 457. The summed E-state index contributed by atoms with van der Waals surface area (Å²) in [6.07, 6.45) is 3.33. The molecule has 19 heavy (non-hydrogen) atoms. The van der Waals surface area contributed by atoms with Gasteiger partial charge in [0.1, 0.15) is 5.54 Å². The summed E-state index contributed by atoms with van der Waals surface area (Å²) in [4.78, 5) is 26.7. The number of carbonyl (C=O) groups excluding carboxylic acids is 1. The molecule has 2 amide bonds. The van der Waals surface area contributed by atoms with Gasteiger partial charge in [0.05, 0.1) is 0 Å². The number of carbonyl (C=O) groups is 2. The minimum absolute atomic E-state index is 0.00619. The highest BCUT2D eigenvalue weighted by molar-refractivity contribution is 5.86. The van der Waals surface area contributed by atoms with E-state index in [9.17, 15) is 14.7 Å². The average Bonchev–Trinajstić information content (AvgIpc) is 3.08. The van der Waals surface area contributed by atoms with E-state index >= 15 is 0 Å². The lowest BCUT2D eigenvalue weighted by molar-refractivity contribution is -0.144. The summed E-state index contributed by atoms with van der Waals surface area (Å²) in [5.41, 5.74) is -1.20. The SMILES string of the molecule is CC(NC(=O)NCCc1ncno1)(C(=O)O)C1CC1. The lowest BCUT2D eigenvalue weighted by atomic mass is 9.96. The van der Waals surface area contributed by atoms with Gasteiger partial charge >= 0.3 is 12.0 Å². The van der Waals surface area contributed by atoms with Gasteiger partial charge in [-0.1, -0.05) is 5.16 Å². The lowest BCUT2D eigenvalue weighted by Gasteiger charge is -2.26. The highest BCUT2D eigenvalue weighted by Gasteiger charge is 2.48. The molecule has 8 nitrogen and oxygen atoms in total. The first kappa shape index (κ1) is 13.3. The van der Waals surface area contributed by atoms with Crippen molar-refractivity contribution >= 4 is 12.0 Å². The Labute approximate surface area is 109 Å². The van der Waals surface area contributed by atoms with Gasteiger partial charge in [0.2, 0.25) is 5.89 Å². The maximum absolute atomic E-state index is 11.7. The first-order valence-corrected chi connectivity index (χ1v) is 6.07. The summed E-state index contributed by atoms with van der Waals surface area (Å²) < 4.78 is 4.78. The number of nitrogens with one attached hydrogen (secondary N) is 2. The molecular weight excluding hydrogens is 252 g/mol. The number of hydrogen-bond acceptors (Lipinski definition) is 5. The number of amides is 2. The van der Waals surface area contributed by atoms with Crippen molar-refractivity contribution < 1.29 is 19.2 Å². The predicted molar refractivity (Wildman–Crippen MR) is 63.3 cm³/mol. The van der Waals surface area contributed by atoms with Crippen molar-refractivity contribution in [1.29, 1.82) is 0 Å². The number of nitrogens with zero attached hydrogens (tertiary/aromatic N) is 2. The Morgan fingerprint density at radius 1 is 1.58 bits per heavy atom. The number of carboxylic acids is 1. The Morgan fingerprint density at radius 3 is 2.84 bits per heavy atom. The molecule has 2 rings (SSSR count). The fourth-order valence-corrected chi connectivity index (χ4v) is 1.86. The van der Waals surface area contributed by atoms with E-state index in [1.54, 1.807) is 0 Å². The van der Waals surface area contributed by atoms with Crippen LogP contribution in [0, 0.1) is 5.92 Å². The highest BCUT2D eigenvalue weighted by atomic mass is 16.5. The van der Waals surface area contributed by atoms with Gasteiger partial charge in [-0.3, -0.25) is 0 Å². The average molecular weight is 268 g/mol. The molecule has 0 radical (unpaired) electrons. The predicted octanol–water partition coefficient (Wildman–Crippen LogP) is 0.165. The van der Waals surface area contributed by atoms with Crippen molar-refractivity contribution in [3.05, 3.63) is 12.2 Å². The third-order valence-electron chi connectivity index (χ3n) is 3.24. The second-order valence-electron chi connectivity index (χ2n) is 4.75. The summed E-state index contributed by atoms with van der Waals surface area (Å²) in [5.74, 6) is -0.586. The molecule has 8 heteroatoms. The summed E-state index contributed by atoms with van der Waals surface area (Å²) in [7, 11) is 0. The van der Waals surface area contributed by atoms with Crippen molar-refractivity contribution in [2.75, 3.05) is 6.54 Å². The Kier molecular flexibility index (Phi) is 3.68. The number of urea groups is 1. The van der Waals surface area contributed by atoms with Crippen LogP contribution in [0.5, 0.6) is 0 Å². The summed E-state index contributed by atoms with van der Waals surface area (Å²) in [6, 6.07) is -0.503. The van der Waals surface area contributed by atoms with Crippen LogP contribution < -0.4 is 10.6 Å². The van der Waals surface area contributed by atoms with Crippen LogP contribution in [-0.4, -0.2) is 39.3 Å². The van der Waals surface area contributed by atoms with Crippen molar-refractivity contribution in [2.45, 2.75) is 31.7 Å². The number of aliphatic carboxylic acids is 1. The molecule has 1 atom stereocenters. The maximum Gasteiger partial charge on any atom is 0.329 e. The van der Waals surface area contributed by atoms with Crippen molar-refractivity contribution in [1.82, 2.24) is 20.8 Å². The standard InChI is InChI=1S/C11H16N4O4/c1-11(9(16)17,7-2-3-7)15-10(18)12-5-4-8-13-6-14-19-8/h6-7H,2-5H2,1H3,(H,16,17)(H2,12,15,18). The van der Waals surface area contributed by atoms with Crippen molar-refractivity contribution in [3.63, 3.8) is 0 Å². The summed E-state index contributed by atoms with van der Waals surface area (Å²) in [6.45, 7) is 1.83. The topological polar surface area (TPSA) is 117 Å². The number of hydrogen-bond donors (Lipinski definition) is 3.